The van der Waals surface area contributed by atoms with Crippen LogP contribution in [0.15, 0.2) is 24.3 Å². The van der Waals surface area contributed by atoms with E-state index >= 15 is 0 Å². The van der Waals surface area contributed by atoms with Gasteiger partial charge >= 0.3 is 0 Å². The van der Waals surface area contributed by atoms with Gasteiger partial charge in [-0.15, -0.1) is 0 Å². The molecule has 5 heteroatoms. The number of amides is 1. The average Bonchev–Trinajstić information content (AvgIpc) is 3.28. The molecule has 2 aromatic rings. The lowest BCUT2D eigenvalue weighted by atomic mass is 10.1. The molecule has 4 rings (SSSR count). The zero-order chi connectivity index (χ0) is 17.4. The fourth-order valence-electron chi connectivity index (χ4n) is 4.04. The van der Waals surface area contributed by atoms with Crippen LogP contribution in [-0.2, 0) is 24.2 Å². The molecule has 25 heavy (non-hydrogen) atoms. The Balaban J connectivity index is 1.44. The van der Waals surface area contributed by atoms with E-state index in [0.717, 1.165) is 61.7 Å². The van der Waals surface area contributed by atoms with E-state index in [9.17, 15) is 4.79 Å². The molecule has 1 saturated heterocycles. The van der Waals surface area contributed by atoms with Crippen LogP contribution in [0.5, 0.6) is 5.75 Å². The number of ether oxygens (including phenoxy) is 1. The Kier molecular flexibility index (Phi) is 4.24. The third kappa shape index (κ3) is 3.28. The number of aryl methyl sites for hydroxylation is 2. The van der Waals surface area contributed by atoms with Gasteiger partial charge in [0.25, 0.3) is 0 Å². The highest BCUT2D eigenvalue weighted by atomic mass is 16.5. The molecule has 0 unspecified atom stereocenters. The molecule has 1 atom stereocenters. The van der Waals surface area contributed by atoms with Gasteiger partial charge in [0.2, 0.25) is 5.91 Å². The Labute approximate surface area is 148 Å². The molecule has 1 amide bonds. The number of likely N-dealkylation sites (tertiary alicyclic amines) is 1. The summed E-state index contributed by atoms with van der Waals surface area (Å²) in [6, 6.07) is 8.50. The van der Waals surface area contributed by atoms with E-state index in [0.29, 0.717) is 6.42 Å². The van der Waals surface area contributed by atoms with Crippen molar-refractivity contribution in [2.45, 2.75) is 52.1 Å². The molecule has 0 N–H and O–H groups in total. The summed E-state index contributed by atoms with van der Waals surface area (Å²) >= 11 is 0. The number of rotatable bonds is 4. The van der Waals surface area contributed by atoms with Gasteiger partial charge in [0.1, 0.15) is 5.75 Å². The van der Waals surface area contributed by atoms with Gasteiger partial charge in [-0.2, -0.15) is 5.10 Å². The van der Waals surface area contributed by atoms with Crippen molar-refractivity contribution >= 4 is 5.91 Å². The van der Waals surface area contributed by atoms with E-state index in [4.69, 9.17) is 4.74 Å². The van der Waals surface area contributed by atoms with E-state index in [1.165, 1.54) is 5.56 Å². The van der Waals surface area contributed by atoms with Crippen LogP contribution in [0.4, 0.5) is 0 Å². The van der Waals surface area contributed by atoms with Crippen LogP contribution in [0.2, 0.25) is 0 Å². The van der Waals surface area contributed by atoms with Crippen LogP contribution in [0.1, 0.15) is 35.4 Å². The maximum atomic E-state index is 12.9. The Morgan fingerprint density at radius 3 is 3.00 bits per heavy atom. The normalized spacial score (nSPS) is 19.1. The molecule has 0 saturated carbocycles. The number of hydrogen-bond donors (Lipinski definition) is 0. The summed E-state index contributed by atoms with van der Waals surface area (Å²) in [6.45, 7) is 6.50. The lowest BCUT2D eigenvalue weighted by Crippen LogP contribution is -2.39. The standard InChI is InChI=1S/C20H25N3O2/c1-14-10-15(2)23(21-14)13-18-4-3-8-22(18)20(24)12-16-5-6-19-17(11-16)7-9-25-19/h5-6,10-11,18H,3-4,7-9,12-13H2,1-2H3/t18-/m1/s1. The number of nitrogens with zero attached hydrogens (tertiary/aromatic N) is 3. The molecule has 3 heterocycles. The fraction of sp³-hybridized carbons (Fsp3) is 0.500. The minimum absolute atomic E-state index is 0.225. The summed E-state index contributed by atoms with van der Waals surface area (Å²) in [7, 11) is 0. The highest BCUT2D eigenvalue weighted by Gasteiger charge is 2.29. The van der Waals surface area contributed by atoms with E-state index in [1.54, 1.807) is 0 Å². The number of carbonyl (C=O) groups is 1. The summed E-state index contributed by atoms with van der Waals surface area (Å²) in [4.78, 5) is 14.9. The zero-order valence-electron chi connectivity index (χ0n) is 15.0. The van der Waals surface area contributed by atoms with Crippen molar-refractivity contribution in [2.24, 2.45) is 0 Å². The van der Waals surface area contributed by atoms with Gasteiger partial charge in [-0.05, 0) is 49.9 Å². The van der Waals surface area contributed by atoms with Crippen LogP contribution in [0, 0.1) is 13.8 Å². The zero-order valence-corrected chi connectivity index (χ0v) is 15.0. The first-order valence-electron chi connectivity index (χ1n) is 9.15. The first-order chi connectivity index (χ1) is 12.1. The van der Waals surface area contributed by atoms with Crippen molar-refractivity contribution in [3.63, 3.8) is 0 Å². The average molecular weight is 339 g/mol. The van der Waals surface area contributed by atoms with Crippen LogP contribution in [0.3, 0.4) is 0 Å². The summed E-state index contributed by atoms with van der Waals surface area (Å²) < 4.78 is 7.59. The molecule has 0 spiro atoms. The smallest absolute Gasteiger partial charge is 0.227 e. The summed E-state index contributed by atoms with van der Waals surface area (Å²) in [5, 5.41) is 4.56. The number of fused-ring (bicyclic) bond motifs is 1. The third-order valence-electron chi connectivity index (χ3n) is 5.29. The quantitative estimate of drug-likeness (QED) is 0.860. The SMILES string of the molecule is Cc1cc(C)n(C[C@H]2CCCN2C(=O)Cc2ccc3c(c2)CCO3)n1. The van der Waals surface area contributed by atoms with Crippen LogP contribution >= 0.6 is 0 Å². The molecular weight excluding hydrogens is 314 g/mol. The first-order valence-corrected chi connectivity index (χ1v) is 9.15. The molecule has 0 radical (unpaired) electrons. The molecule has 1 aromatic heterocycles. The highest BCUT2D eigenvalue weighted by Crippen LogP contribution is 2.27. The van der Waals surface area contributed by atoms with Crippen molar-refractivity contribution in [3.8, 4) is 5.75 Å². The number of carbonyl (C=O) groups excluding carboxylic acids is 1. The maximum Gasteiger partial charge on any atom is 0.227 e. The van der Waals surface area contributed by atoms with Crippen LogP contribution < -0.4 is 4.74 Å². The summed E-state index contributed by atoms with van der Waals surface area (Å²) in [5.41, 5.74) is 4.51. The molecule has 1 fully saturated rings. The van der Waals surface area contributed by atoms with Crippen molar-refractivity contribution in [1.29, 1.82) is 0 Å². The lowest BCUT2D eigenvalue weighted by molar-refractivity contribution is -0.131. The van der Waals surface area contributed by atoms with Crippen LogP contribution in [-0.4, -0.2) is 39.8 Å². The van der Waals surface area contributed by atoms with Gasteiger partial charge < -0.3 is 9.64 Å². The minimum atomic E-state index is 0.225. The van der Waals surface area contributed by atoms with Crippen molar-refractivity contribution < 1.29 is 9.53 Å². The van der Waals surface area contributed by atoms with Crippen molar-refractivity contribution in [3.05, 3.63) is 46.8 Å². The summed E-state index contributed by atoms with van der Waals surface area (Å²) in [5.74, 6) is 1.20. The second-order valence-corrected chi connectivity index (χ2v) is 7.21. The Morgan fingerprint density at radius 2 is 2.20 bits per heavy atom. The van der Waals surface area contributed by atoms with E-state index in [1.807, 2.05) is 23.7 Å². The van der Waals surface area contributed by atoms with Crippen molar-refractivity contribution in [2.75, 3.05) is 13.2 Å². The van der Waals surface area contributed by atoms with Gasteiger partial charge in [-0.1, -0.05) is 12.1 Å². The van der Waals surface area contributed by atoms with Gasteiger partial charge in [-0.25, -0.2) is 0 Å². The van der Waals surface area contributed by atoms with Gasteiger partial charge in [0, 0.05) is 18.7 Å². The molecule has 5 nitrogen and oxygen atoms in total. The number of benzene rings is 1. The maximum absolute atomic E-state index is 12.9. The number of hydrogen-bond acceptors (Lipinski definition) is 3. The van der Waals surface area contributed by atoms with Gasteiger partial charge in [0.15, 0.2) is 0 Å². The fourth-order valence-corrected chi connectivity index (χ4v) is 4.04. The predicted octanol–water partition coefficient (Wildman–Crippen LogP) is 2.67. The van der Waals surface area contributed by atoms with E-state index in [-0.39, 0.29) is 11.9 Å². The second kappa shape index (κ2) is 6.54. The lowest BCUT2D eigenvalue weighted by Gasteiger charge is -2.25. The molecule has 2 aliphatic heterocycles. The van der Waals surface area contributed by atoms with Crippen molar-refractivity contribution in [1.82, 2.24) is 14.7 Å². The molecular formula is C20H25N3O2. The van der Waals surface area contributed by atoms with Gasteiger partial charge in [0.05, 0.1) is 31.3 Å². The van der Waals surface area contributed by atoms with Gasteiger partial charge in [-0.3, -0.25) is 9.48 Å². The molecule has 132 valence electrons. The molecule has 0 aliphatic carbocycles. The molecule has 2 aliphatic rings. The van der Waals surface area contributed by atoms with E-state index in [2.05, 4.69) is 29.1 Å². The first kappa shape index (κ1) is 16.2. The highest BCUT2D eigenvalue weighted by molar-refractivity contribution is 5.79. The molecule has 0 bridgehead atoms. The monoisotopic (exact) mass is 339 g/mol. The Bertz CT molecular complexity index is 796. The Hall–Kier alpha value is -2.30. The second-order valence-electron chi connectivity index (χ2n) is 7.21. The van der Waals surface area contributed by atoms with Crippen LogP contribution in [0.25, 0.3) is 0 Å². The minimum Gasteiger partial charge on any atom is -0.493 e. The third-order valence-corrected chi connectivity index (χ3v) is 5.29. The largest absolute Gasteiger partial charge is 0.493 e. The summed E-state index contributed by atoms with van der Waals surface area (Å²) in [6.07, 6.45) is 3.55. The topological polar surface area (TPSA) is 47.4 Å². The number of aromatic nitrogens is 2. The van der Waals surface area contributed by atoms with E-state index < -0.39 is 0 Å². The predicted molar refractivity (Wildman–Crippen MR) is 95.8 cm³/mol. The Morgan fingerprint density at radius 1 is 1.32 bits per heavy atom. The molecule has 1 aromatic carbocycles.